The third kappa shape index (κ3) is 1.76. The zero-order valence-electron chi connectivity index (χ0n) is 8.70. The van der Waals surface area contributed by atoms with Crippen LogP contribution in [0.15, 0.2) is 12.5 Å². The molecule has 1 aromatic rings. The number of aromatic nitrogens is 2. The molecule has 1 unspecified atom stereocenters. The van der Waals surface area contributed by atoms with Crippen molar-refractivity contribution in [3.8, 4) is 0 Å². The minimum atomic E-state index is 0.421. The van der Waals surface area contributed by atoms with E-state index in [0.29, 0.717) is 6.04 Å². The number of nitrogens with one attached hydrogen (secondary N) is 1. The molecule has 0 radical (unpaired) electrons. The molecule has 0 aromatic carbocycles. The Morgan fingerprint density at radius 3 is 3.14 bits per heavy atom. The van der Waals surface area contributed by atoms with Crippen LogP contribution < -0.4 is 5.32 Å². The Labute approximate surface area is 84.4 Å². The van der Waals surface area contributed by atoms with Gasteiger partial charge in [-0.3, -0.25) is 4.90 Å². The van der Waals surface area contributed by atoms with Crippen LogP contribution in [0, 0.1) is 6.92 Å². The minimum Gasteiger partial charge on any atom is -0.314 e. The lowest BCUT2D eigenvalue weighted by molar-refractivity contribution is 0.201. The topological polar surface area (TPSA) is 41.1 Å². The maximum Gasteiger partial charge on any atom is 0.115 e. The second-order valence-corrected chi connectivity index (χ2v) is 3.76. The second-order valence-electron chi connectivity index (χ2n) is 3.76. The van der Waals surface area contributed by atoms with Crippen LogP contribution in [0.3, 0.4) is 0 Å². The number of piperazine rings is 1. The molecule has 14 heavy (non-hydrogen) atoms. The largest absolute Gasteiger partial charge is 0.314 e. The fourth-order valence-corrected chi connectivity index (χ4v) is 1.88. The Morgan fingerprint density at radius 2 is 2.43 bits per heavy atom. The summed E-state index contributed by atoms with van der Waals surface area (Å²) in [5.74, 6) is 0. The summed E-state index contributed by atoms with van der Waals surface area (Å²) in [5, 5.41) is 3.39. The van der Waals surface area contributed by atoms with E-state index in [4.69, 9.17) is 0 Å². The highest BCUT2D eigenvalue weighted by molar-refractivity contribution is 5.20. The van der Waals surface area contributed by atoms with Gasteiger partial charge in [-0.25, -0.2) is 9.97 Å². The van der Waals surface area contributed by atoms with Gasteiger partial charge in [-0.1, -0.05) is 0 Å². The van der Waals surface area contributed by atoms with Crippen LogP contribution >= 0.6 is 0 Å². The summed E-state index contributed by atoms with van der Waals surface area (Å²) in [6.07, 6.45) is 3.53. The monoisotopic (exact) mass is 192 g/mol. The maximum absolute atomic E-state index is 4.22. The quantitative estimate of drug-likeness (QED) is 0.697. The molecule has 2 heterocycles. The van der Waals surface area contributed by atoms with Crippen LogP contribution in [0.2, 0.25) is 0 Å². The Balaban J connectivity index is 2.25. The molecule has 76 valence electrons. The van der Waals surface area contributed by atoms with Crippen LogP contribution in [0.4, 0.5) is 0 Å². The van der Waals surface area contributed by atoms with E-state index in [1.165, 1.54) is 5.56 Å². The minimum absolute atomic E-state index is 0.421. The van der Waals surface area contributed by atoms with Crippen LogP contribution in [0.1, 0.15) is 17.3 Å². The summed E-state index contributed by atoms with van der Waals surface area (Å²) in [7, 11) is 2.15. The molecule has 2 rings (SSSR count). The number of likely N-dealkylation sites (N-methyl/N-ethyl adjacent to an activating group) is 1. The van der Waals surface area contributed by atoms with Gasteiger partial charge in [0.05, 0.1) is 6.04 Å². The molecule has 1 atom stereocenters. The van der Waals surface area contributed by atoms with Gasteiger partial charge in [0.1, 0.15) is 6.33 Å². The average Bonchev–Trinajstić information content (AvgIpc) is 2.20. The normalized spacial score (nSPS) is 23.7. The maximum atomic E-state index is 4.22. The number of rotatable bonds is 1. The second kappa shape index (κ2) is 4.02. The average molecular weight is 192 g/mol. The lowest BCUT2D eigenvalue weighted by Gasteiger charge is -2.33. The lowest BCUT2D eigenvalue weighted by Crippen LogP contribution is -2.44. The van der Waals surface area contributed by atoms with Crippen molar-refractivity contribution in [1.29, 1.82) is 0 Å². The van der Waals surface area contributed by atoms with Crippen molar-refractivity contribution >= 4 is 0 Å². The van der Waals surface area contributed by atoms with Crippen molar-refractivity contribution in [2.24, 2.45) is 0 Å². The van der Waals surface area contributed by atoms with E-state index in [1.807, 2.05) is 13.1 Å². The van der Waals surface area contributed by atoms with Gasteiger partial charge in [-0.2, -0.15) is 0 Å². The molecule has 0 saturated carbocycles. The third-order valence-corrected chi connectivity index (χ3v) is 2.82. The number of hydrogen-bond donors (Lipinski definition) is 1. The van der Waals surface area contributed by atoms with Gasteiger partial charge in [-0.05, 0) is 14.0 Å². The molecule has 1 fully saturated rings. The van der Waals surface area contributed by atoms with E-state index < -0.39 is 0 Å². The van der Waals surface area contributed by atoms with Gasteiger partial charge in [0.15, 0.2) is 0 Å². The zero-order chi connectivity index (χ0) is 9.97. The van der Waals surface area contributed by atoms with Crippen LogP contribution in [0.5, 0.6) is 0 Å². The van der Waals surface area contributed by atoms with Crippen molar-refractivity contribution in [1.82, 2.24) is 20.2 Å². The first-order valence-electron chi connectivity index (χ1n) is 4.96. The summed E-state index contributed by atoms with van der Waals surface area (Å²) >= 11 is 0. The van der Waals surface area contributed by atoms with E-state index >= 15 is 0 Å². The highest BCUT2D eigenvalue weighted by Gasteiger charge is 2.22. The Bertz CT molecular complexity index is 313. The van der Waals surface area contributed by atoms with E-state index in [0.717, 1.165) is 25.3 Å². The first-order chi connectivity index (χ1) is 6.79. The van der Waals surface area contributed by atoms with Gasteiger partial charge in [0, 0.05) is 37.1 Å². The molecule has 1 aliphatic heterocycles. The fourth-order valence-electron chi connectivity index (χ4n) is 1.88. The summed E-state index contributed by atoms with van der Waals surface area (Å²) in [6, 6.07) is 0.421. The van der Waals surface area contributed by atoms with Crippen molar-refractivity contribution < 1.29 is 0 Å². The van der Waals surface area contributed by atoms with Gasteiger partial charge in [0.2, 0.25) is 0 Å². The smallest absolute Gasteiger partial charge is 0.115 e. The van der Waals surface area contributed by atoms with Gasteiger partial charge in [0.25, 0.3) is 0 Å². The lowest BCUT2D eigenvalue weighted by atomic mass is 10.0. The van der Waals surface area contributed by atoms with Gasteiger partial charge >= 0.3 is 0 Å². The molecular formula is C10H16N4. The van der Waals surface area contributed by atoms with Crippen molar-refractivity contribution in [2.75, 3.05) is 26.7 Å². The molecule has 0 spiro atoms. The fraction of sp³-hybridized carbons (Fsp3) is 0.600. The molecule has 0 aliphatic carbocycles. The van der Waals surface area contributed by atoms with E-state index in [-0.39, 0.29) is 0 Å². The predicted octanol–water partition coefficient (Wildman–Crippen LogP) is 0.361. The molecule has 1 saturated heterocycles. The summed E-state index contributed by atoms with van der Waals surface area (Å²) < 4.78 is 0. The number of nitrogens with zero attached hydrogens (tertiary/aromatic N) is 3. The third-order valence-electron chi connectivity index (χ3n) is 2.82. The summed E-state index contributed by atoms with van der Waals surface area (Å²) in [5.41, 5.74) is 2.32. The van der Waals surface area contributed by atoms with E-state index in [2.05, 4.69) is 27.2 Å². The Hall–Kier alpha value is -1.00. The van der Waals surface area contributed by atoms with Gasteiger partial charge in [-0.15, -0.1) is 0 Å². The molecular weight excluding hydrogens is 176 g/mol. The van der Waals surface area contributed by atoms with Crippen molar-refractivity contribution in [2.45, 2.75) is 13.0 Å². The predicted molar refractivity (Wildman–Crippen MR) is 55.0 cm³/mol. The molecule has 4 nitrogen and oxygen atoms in total. The molecule has 1 aliphatic rings. The molecule has 4 heteroatoms. The first kappa shape index (κ1) is 9.55. The van der Waals surface area contributed by atoms with Crippen LogP contribution in [-0.4, -0.2) is 41.5 Å². The van der Waals surface area contributed by atoms with Gasteiger partial charge < -0.3 is 5.32 Å². The molecule has 0 bridgehead atoms. The summed E-state index contributed by atoms with van der Waals surface area (Å²) in [4.78, 5) is 10.7. The first-order valence-corrected chi connectivity index (χ1v) is 4.96. The van der Waals surface area contributed by atoms with Crippen molar-refractivity contribution in [3.63, 3.8) is 0 Å². The van der Waals surface area contributed by atoms with E-state index in [1.54, 1.807) is 6.33 Å². The Kier molecular flexibility index (Phi) is 2.74. The number of hydrogen-bond acceptors (Lipinski definition) is 4. The molecule has 0 amide bonds. The van der Waals surface area contributed by atoms with Crippen LogP contribution in [-0.2, 0) is 0 Å². The Morgan fingerprint density at radius 1 is 1.57 bits per heavy atom. The van der Waals surface area contributed by atoms with Crippen LogP contribution in [0.25, 0.3) is 0 Å². The van der Waals surface area contributed by atoms with E-state index in [9.17, 15) is 0 Å². The summed E-state index contributed by atoms with van der Waals surface area (Å²) in [6.45, 7) is 5.18. The number of aryl methyl sites for hydroxylation is 1. The van der Waals surface area contributed by atoms with Crippen molar-refractivity contribution in [3.05, 3.63) is 23.8 Å². The highest BCUT2D eigenvalue weighted by atomic mass is 15.2. The molecule has 1 aromatic heterocycles. The standard InChI is InChI=1S/C10H16N4/c1-8-9(5-12-7-13-8)10-6-11-3-4-14(10)2/h5,7,10-11H,3-4,6H2,1-2H3. The SMILES string of the molecule is Cc1ncncc1C1CNCCN1C. The molecule has 1 N–H and O–H groups in total. The zero-order valence-corrected chi connectivity index (χ0v) is 8.70. The highest BCUT2D eigenvalue weighted by Crippen LogP contribution is 2.21.